The number of fused-ring (bicyclic) bond motifs is 1. The fourth-order valence-corrected chi connectivity index (χ4v) is 3.56. The number of H-pyrrole nitrogens is 1. The van der Waals surface area contributed by atoms with Gasteiger partial charge in [0.2, 0.25) is 0 Å². The van der Waals surface area contributed by atoms with E-state index in [4.69, 9.17) is 5.73 Å². The minimum Gasteiger partial charge on any atom is -0.507 e. The zero-order chi connectivity index (χ0) is 21.3. The van der Waals surface area contributed by atoms with Gasteiger partial charge in [0.1, 0.15) is 5.75 Å². The van der Waals surface area contributed by atoms with Gasteiger partial charge in [0.25, 0.3) is 11.2 Å². The third kappa shape index (κ3) is 3.66. The van der Waals surface area contributed by atoms with Crippen LogP contribution in [0.5, 0.6) is 5.75 Å². The van der Waals surface area contributed by atoms with Gasteiger partial charge in [-0.1, -0.05) is 42.5 Å². The Morgan fingerprint density at radius 1 is 1.03 bits per heavy atom. The summed E-state index contributed by atoms with van der Waals surface area (Å²) in [6.07, 6.45) is 2.13. The van der Waals surface area contributed by atoms with Gasteiger partial charge in [-0.05, 0) is 35.2 Å². The molecule has 0 aliphatic carbocycles. The lowest BCUT2D eigenvalue weighted by Crippen LogP contribution is -2.13. The summed E-state index contributed by atoms with van der Waals surface area (Å²) in [6, 6.07) is 18.5. The monoisotopic (exact) mass is 401 g/mol. The molecule has 1 aromatic heterocycles. The van der Waals surface area contributed by atoms with Crippen LogP contribution < -0.4 is 11.3 Å². The minimum atomic E-state index is -0.430. The van der Waals surface area contributed by atoms with Crippen LogP contribution >= 0.6 is 0 Å². The number of nitro groups is 1. The van der Waals surface area contributed by atoms with E-state index in [0.717, 1.165) is 22.3 Å². The molecule has 0 bridgehead atoms. The Kier molecular flexibility index (Phi) is 5.04. The smallest absolute Gasteiger partial charge is 0.269 e. The number of hydrogen-bond acceptors (Lipinski definition) is 5. The van der Waals surface area contributed by atoms with Gasteiger partial charge in [0.15, 0.2) is 0 Å². The van der Waals surface area contributed by atoms with Crippen molar-refractivity contribution in [1.29, 1.82) is 0 Å². The number of nitrogens with zero attached hydrogens (tertiary/aromatic N) is 1. The molecule has 0 saturated heterocycles. The third-order valence-corrected chi connectivity index (χ3v) is 5.16. The quantitative estimate of drug-likeness (QED) is 0.344. The van der Waals surface area contributed by atoms with Gasteiger partial charge < -0.3 is 15.8 Å². The normalized spacial score (nSPS) is 12.0. The maximum atomic E-state index is 12.1. The highest BCUT2D eigenvalue weighted by Gasteiger charge is 2.13. The van der Waals surface area contributed by atoms with Crippen LogP contribution in [0.1, 0.15) is 17.2 Å². The van der Waals surface area contributed by atoms with Crippen LogP contribution in [0.15, 0.2) is 77.7 Å². The highest BCUT2D eigenvalue weighted by atomic mass is 16.6. The molecule has 0 aliphatic rings. The molecule has 1 heterocycles. The van der Waals surface area contributed by atoms with Crippen LogP contribution in [0, 0.1) is 10.1 Å². The lowest BCUT2D eigenvalue weighted by atomic mass is 9.95. The molecule has 4 rings (SSSR count). The summed E-state index contributed by atoms with van der Waals surface area (Å²) in [5.41, 5.74) is 9.50. The molecule has 4 aromatic rings. The summed E-state index contributed by atoms with van der Waals surface area (Å²) in [5, 5.41) is 22.0. The summed E-state index contributed by atoms with van der Waals surface area (Å²) in [7, 11) is 0. The van der Waals surface area contributed by atoms with E-state index >= 15 is 0 Å². The lowest BCUT2D eigenvalue weighted by molar-refractivity contribution is -0.384. The van der Waals surface area contributed by atoms with Gasteiger partial charge in [-0.3, -0.25) is 14.9 Å². The second kappa shape index (κ2) is 7.81. The van der Waals surface area contributed by atoms with Crippen molar-refractivity contribution >= 4 is 16.5 Å². The van der Waals surface area contributed by atoms with E-state index < -0.39 is 4.92 Å². The highest BCUT2D eigenvalue weighted by molar-refractivity contribution is 5.99. The van der Waals surface area contributed by atoms with Crippen molar-refractivity contribution in [2.24, 2.45) is 5.73 Å². The van der Waals surface area contributed by atoms with Crippen molar-refractivity contribution in [3.05, 3.63) is 105 Å². The van der Waals surface area contributed by atoms with E-state index in [0.29, 0.717) is 17.2 Å². The fraction of sp³-hybridized carbons (Fsp3) is 0.0870. The Balaban J connectivity index is 1.60. The predicted octanol–water partition coefficient (Wildman–Crippen LogP) is 4.05. The number of benzene rings is 3. The van der Waals surface area contributed by atoms with E-state index in [1.165, 1.54) is 12.1 Å². The summed E-state index contributed by atoms with van der Waals surface area (Å²) in [6.45, 7) is 0. The van der Waals surface area contributed by atoms with Crippen molar-refractivity contribution < 1.29 is 10.0 Å². The number of aromatic nitrogens is 1. The van der Waals surface area contributed by atoms with Crippen molar-refractivity contribution in [2.75, 3.05) is 0 Å². The molecule has 4 N–H and O–H groups in total. The number of phenols is 1. The SMILES string of the molecule is NC(Cc1ccc([N+](=O)[O-])cc1)c1ccc(-c2c[nH]c(=O)c3cccc(O)c23)cc1. The molecule has 1 atom stereocenters. The summed E-state index contributed by atoms with van der Waals surface area (Å²) in [4.78, 5) is 25.1. The Bertz CT molecular complexity index is 1280. The topological polar surface area (TPSA) is 122 Å². The van der Waals surface area contributed by atoms with Crippen molar-refractivity contribution in [2.45, 2.75) is 12.5 Å². The molecule has 30 heavy (non-hydrogen) atoms. The molecule has 0 aliphatic heterocycles. The average Bonchev–Trinajstić information content (AvgIpc) is 2.75. The molecule has 0 saturated carbocycles. The molecule has 150 valence electrons. The summed E-state index contributed by atoms with van der Waals surface area (Å²) < 4.78 is 0. The van der Waals surface area contributed by atoms with Gasteiger partial charge in [-0.25, -0.2) is 0 Å². The first-order valence-corrected chi connectivity index (χ1v) is 9.36. The first kappa shape index (κ1) is 19.4. The highest BCUT2D eigenvalue weighted by Crippen LogP contribution is 2.33. The number of nitrogens with two attached hydrogens (primary N) is 1. The van der Waals surface area contributed by atoms with Crippen LogP contribution in [0.25, 0.3) is 21.9 Å². The number of nitrogens with one attached hydrogen (secondary N) is 1. The number of nitro benzene ring substituents is 1. The van der Waals surface area contributed by atoms with Crippen LogP contribution in [-0.2, 0) is 6.42 Å². The molecule has 0 amide bonds. The molecule has 0 spiro atoms. The molecular weight excluding hydrogens is 382 g/mol. The average molecular weight is 401 g/mol. The van der Waals surface area contributed by atoms with E-state index in [1.807, 2.05) is 24.3 Å². The molecule has 0 fully saturated rings. The number of phenolic OH excluding ortho intramolecular Hbond substituents is 1. The van der Waals surface area contributed by atoms with Gasteiger partial charge >= 0.3 is 0 Å². The number of non-ortho nitro benzene ring substituents is 1. The molecule has 7 heteroatoms. The summed E-state index contributed by atoms with van der Waals surface area (Å²) >= 11 is 0. The molecular formula is C23H19N3O4. The van der Waals surface area contributed by atoms with Gasteiger partial charge in [-0.15, -0.1) is 0 Å². The minimum absolute atomic E-state index is 0.0487. The van der Waals surface area contributed by atoms with E-state index in [2.05, 4.69) is 4.98 Å². The van der Waals surface area contributed by atoms with Gasteiger partial charge in [0, 0.05) is 35.3 Å². The Hall–Kier alpha value is -3.97. The number of aromatic amines is 1. The fourth-order valence-electron chi connectivity index (χ4n) is 3.56. The summed E-state index contributed by atoms with van der Waals surface area (Å²) in [5.74, 6) is 0.0487. The Labute approximate surface area is 171 Å². The van der Waals surface area contributed by atoms with E-state index in [9.17, 15) is 20.0 Å². The van der Waals surface area contributed by atoms with Crippen molar-refractivity contribution in [3.8, 4) is 16.9 Å². The lowest BCUT2D eigenvalue weighted by Gasteiger charge is -2.14. The maximum absolute atomic E-state index is 12.1. The number of hydrogen-bond donors (Lipinski definition) is 3. The van der Waals surface area contributed by atoms with Crippen molar-refractivity contribution in [1.82, 2.24) is 4.98 Å². The first-order chi connectivity index (χ1) is 14.4. The molecule has 7 nitrogen and oxygen atoms in total. The van der Waals surface area contributed by atoms with Crippen molar-refractivity contribution in [3.63, 3.8) is 0 Å². The number of pyridine rings is 1. The van der Waals surface area contributed by atoms with E-state index in [1.54, 1.807) is 36.5 Å². The van der Waals surface area contributed by atoms with E-state index in [-0.39, 0.29) is 23.0 Å². The Morgan fingerprint density at radius 3 is 2.40 bits per heavy atom. The van der Waals surface area contributed by atoms with Gasteiger partial charge in [-0.2, -0.15) is 0 Å². The van der Waals surface area contributed by atoms with Crippen LogP contribution in [-0.4, -0.2) is 15.0 Å². The number of rotatable bonds is 5. The zero-order valence-electron chi connectivity index (χ0n) is 15.9. The second-order valence-corrected chi connectivity index (χ2v) is 7.09. The zero-order valence-corrected chi connectivity index (χ0v) is 15.9. The van der Waals surface area contributed by atoms with Gasteiger partial charge in [0.05, 0.1) is 10.3 Å². The van der Waals surface area contributed by atoms with Crippen LogP contribution in [0.3, 0.4) is 0 Å². The number of aromatic hydroxyl groups is 1. The molecule has 3 aromatic carbocycles. The first-order valence-electron chi connectivity index (χ1n) is 9.36. The van der Waals surface area contributed by atoms with Crippen LogP contribution in [0.4, 0.5) is 5.69 Å². The maximum Gasteiger partial charge on any atom is 0.269 e. The predicted molar refractivity (Wildman–Crippen MR) is 115 cm³/mol. The standard InChI is InChI=1S/C23H19N3O4/c24-20(12-14-4-10-17(11-5-14)26(29)30)16-8-6-15(7-9-16)19-13-25-23(28)18-2-1-3-21(27)22(18)19/h1-11,13,20,27H,12,24H2,(H,25,28). The second-order valence-electron chi connectivity index (χ2n) is 7.09. The van der Waals surface area contributed by atoms with Crippen LogP contribution in [0.2, 0.25) is 0 Å². The Morgan fingerprint density at radius 2 is 1.73 bits per heavy atom. The third-order valence-electron chi connectivity index (χ3n) is 5.16. The molecule has 1 unspecified atom stereocenters. The largest absolute Gasteiger partial charge is 0.507 e. The molecule has 0 radical (unpaired) electrons.